The Balaban J connectivity index is 3.98. The van der Waals surface area contributed by atoms with Gasteiger partial charge in [-0.3, -0.25) is 4.79 Å². The van der Waals surface area contributed by atoms with Crippen molar-refractivity contribution >= 4 is 17.9 Å². The number of amides is 3. The molecule has 0 aromatic heterocycles. The summed E-state index contributed by atoms with van der Waals surface area (Å²) in [7, 11) is 0. The standard InChI is InChI=1S/C12H23N3O4/c1-4-9(11(17)18)14-12(19)13-8-7-10(16)15(5-2)6-3/h9H,4-8H2,1-3H3,(H,17,18)(H2,13,14,19)/t9-/m0/s1. The van der Waals surface area contributed by atoms with Gasteiger partial charge in [-0.1, -0.05) is 6.92 Å². The van der Waals surface area contributed by atoms with Crippen LogP contribution in [0.1, 0.15) is 33.6 Å². The second-order valence-electron chi connectivity index (χ2n) is 4.02. The van der Waals surface area contributed by atoms with Gasteiger partial charge >= 0.3 is 12.0 Å². The van der Waals surface area contributed by atoms with Crippen LogP contribution in [-0.2, 0) is 9.59 Å². The van der Waals surface area contributed by atoms with E-state index in [4.69, 9.17) is 5.11 Å². The highest BCUT2D eigenvalue weighted by molar-refractivity contribution is 5.83. The smallest absolute Gasteiger partial charge is 0.326 e. The third-order valence-corrected chi connectivity index (χ3v) is 2.75. The number of carboxylic acids is 1. The molecular formula is C12H23N3O4. The number of carbonyl (C=O) groups is 3. The second kappa shape index (κ2) is 9.18. The van der Waals surface area contributed by atoms with Gasteiger partial charge in [0.25, 0.3) is 0 Å². The first-order valence-corrected chi connectivity index (χ1v) is 6.51. The summed E-state index contributed by atoms with van der Waals surface area (Å²) < 4.78 is 0. The van der Waals surface area contributed by atoms with Crippen molar-refractivity contribution in [2.24, 2.45) is 0 Å². The lowest BCUT2D eigenvalue weighted by atomic mass is 10.2. The normalized spacial score (nSPS) is 11.5. The fourth-order valence-electron chi connectivity index (χ4n) is 1.57. The first-order valence-electron chi connectivity index (χ1n) is 6.51. The molecule has 0 aromatic carbocycles. The van der Waals surface area contributed by atoms with Crippen molar-refractivity contribution in [1.82, 2.24) is 15.5 Å². The number of carbonyl (C=O) groups excluding carboxylic acids is 2. The van der Waals surface area contributed by atoms with Crippen molar-refractivity contribution < 1.29 is 19.5 Å². The SMILES string of the molecule is CC[C@H](NC(=O)NCCC(=O)N(CC)CC)C(=O)O. The zero-order valence-electron chi connectivity index (χ0n) is 11.7. The van der Waals surface area contributed by atoms with Gasteiger partial charge < -0.3 is 20.6 Å². The van der Waals surface area contributed by atoms with Crippen LogP contribution in [0, 0.1) is 0 Å². The van der Waals surface area contributed by atoms with Crippen molar-refractivity contribution in [3.05, 3.63) is 0 Å². The minimum absolute atomic E-state index is 0.0319. The average Bonchev–Trinajstić information content (AvgIpc) is 2.37. The van der Waals surface area contributed by atoms with Crippen LogP contribution in [0.25, 0.3) is 0 Å². The number of hydrogen-bond donors (Lipinski definition) is 3. The van der Waals surface area contributed by atoms with Gasteiger partial charge in [0.15, 0.2) is 0 Å². The summed E-state index contributed by atoms with van der Waals surface area (Å²) in [6.07, 6.45) is 0.514. The molecular weight excluding hydrogens is 250 g/mol. The summed E-state index contributed by atoms with van der Waals surface area (Å²) in [6.45, 7) is 6.91. The third-order valence-electron chi connectivity index (χ3n) is 2.75. The Labute approximate surface area is 113 Å². The van der Waals surface area contributed by atoms with E-state index in [2.05, 4.69) is 10.6 Å². The molecule has 0 saturated carbocycles. The number of nitrogens with one attached hydrogen (secondary N) is 2. The molecule has 1 atom stereocenters. The monoisotopic (exact) mass is 273 g/mol. The number of hydrogen-bond acceptors (Lipinski definition) is 3. The lowest BCUT2D eigenvalue weighted by molar-refractivity contribution is -0.139. The summed E-state index contributed by atoms with van der Waals surface area (Å²) in [5.74, 6) is -1.10. The number of aliphatic carboxylic acids is 1. The Kier molecular flexibility index (Phi) is 8.32. The van der Waals surface area contributed by atoms with Gasteiger partial charge in [-0.2, -0.15) is 0 Å². The van der Waals surface area contributed by atoms with Crippen LogP contribution < -0.4 is 10.6 Å². The summed E-state index contributed by atoms with van der Waals surface area (Å²) in [5.41, 5.74) is 0. The zero-order chi connectivity index (χ0) is 14.8. The van der Waals surface area contributed by atoms with Gasteiger partial charge in [0, 0.05) is 26.1 Å². The molecule has 0 radical (unpaired) electrons. The second-order valence-corrected chi connectivity index (χ2v) is 4.02. The molecule has 3 N–H and O–H groups in total. The molecule has 0 fully saturated rings. The van der Waals surface area contributed by atoms with Gasteiger partial charge in [-0.05, 0) is 20.3 Å². The maximum absolute atomic E-state index is 11.6. The van der Waals surface area contributed by atoms with E-state index in [1.807, 2.05) is 13.8 Å². The number of nitrogens with zero attached hydrogens (tertiary/aromatic N) is 1. The van der Waals surface area contributed by atoms with Gasteiger partial charge in [0.05, 0.1) is 0 Å². The molecule has 0 aliphatic carbocycles. The van der Waals surface area contributed by atoms with E-state index in [1.54, 1.807) is 11.8 Å². The van der Waals surface area contributed by atoms with Crippen molar-refractivity contribution in [3.8, 4) is 0 Å². The molecule has 0 spiro atoms. The molecule has 0 unspecified atom stereocenters. The highest BCUT2D eigenvalue weighted by Crippen LogP contribution is 1.93. The molecule has 0 bridgehead atoms. The predicted octanol–water partition coefficient (Wildman–Crippen LogP) is 0.407. The molecule has 19 heavy (non-hydrogen) atoms. The van der Waals surface area contributed by atoms with Crippen LogP contribution in [0.4, 0.5) is 4.79 Å². The summed E-state index contributed by atoms with van der Waals surface area (Å²) >= 11 is 0. The first-order chi connectivity index (χ1) is 8.96. The fourth-order valence-corrected chi connectivity index (χ4v) is 1.57. The molecule has 7 heteroatoms. The molecule has 0 heterocycles. The van der Waals surface area contributed by atoms with Gasteiger partial charge in [-0.15, -0.1) is 0 Å². The number of carboxylic acid groups (broad SMARTS) is 1. The predicted molar refractivity (Wildman–Crippen MR) is 70.8 cm³/mol. The molecule has 0 rings (SSSR count). The molecule has 0 aliphatic heterocycles. The Bertz CT molecular complexity index is 316. The maximum atomic E-state index is 11.6. The van der Waals surface area contributed by atoms with Crippen molar-refractivity contribution in [3.63, 3.8) is 0 Å². The fraction of sp³-hybridized carbons (Fsp3) is 0.750. The van der Waals surface area contributed by atoms with E-state index >= 15 is 0 Å². The Morgan fingerprint density at radius 1 is 1.16 bits per heavy atom. The van der Waals surface area contributed by atoms with Crippen molar-refractivity contribution in [1.29, 1.82) is 0 Å². The highest BCUT2D eigenvalue weighted by atomic mass is 16.4. The van der Waals surface area contributed by atoms with Crippen molar-refractivity contribution in [2.45, 2.75) is 39.7 Å². The van der Waals surface area contributed by atoms with Crippen molar-refractivity contribution in [2.75, 3.05) is 19.6 Å². The van der Waals surface area contributed by atoms with Crippen LogP contribution >= 0.6 is 0 Å². The van der Waals surface area contributed by atoms with Crippen LogP contribution in [0.3, 0.4) is 0 Å². The Morgan fingerprint density at radius 2 is 1.74 bits per heavy atom. The Morgan fingerprint density at radius 3 is 2.16 bits per heavy atom. The third kappa shape index (κ3) is 6.64. The molecule has 110 valence electrons. The minimum atomic E-state index is -1.07. The minimum Gasteiger partial charge on any atom is -0.480 e. The summed E-state index contributed by atoms with van der Waals surface area (Å²) in [4.78, 5) is 35.4. The van der Waals surface area contributed by atoms with E-state index in [-0.39, 0.29) is 18.9 Å². The van der Waals surface area contributed by atoms with Crippen LogP contribution in [-0.4, -0.2) is 53.6 Å². The number of rotatable bonds is 8. The maximum Gasteiger partial charge on any atom is 0.326 e. The van der Waals surface area contributed by atoms with Gasteiger partial charge in [0.1, 0.15) is 6.04 Å². The number of urea groups is 1. The molecule has 7 nitrogen and oxygen atoms in total. The zero-order valence-corrected chi connectivity index (χ0v) is 11.7. The first kappa shape index (κ1) is 17.2. The van der Waals surface area contributed by atoms with E-state index in [0.717, 1.165) is 0 Å². The molecule has 0 saturated heterocycles. The van der Waals surface area contributed by atoms with Crippen LogP contribution in [0.5, 0.6) is 0 Å². The highest BCUT2D eigenvalue weighted by Gasteiger charge is 2.17. The van der Waals surface area contributed by atoms with E-state index < -0.39 is 18.0 Å². The molecule has 3 amide bonds. The van der Waals surface area contributed by atoms with E-state index in [1.165, 1.54) is 0 Å². The molecule has 0 aromatic rings. The van der Waals surface area contributed by atoms with Gasteiger partial charge in [-0.25, -0.2) is 9.59 Å². The lowest BCUT2D eigenvalue weighted by Crippen LogP contribution is -2.46. The van der Waals surface area contributed by atoms with E-state index in [0.29, 0.717) is 19.5 Å². The average molecular weight is 273 g/mol. The topological polar surface area (TPSA) is 98.7 Å². The summed E-state index contributed by atoms with van der Waals surface area (Å²) in [5, 5.41) is 13.6. The van der Waals surface area contributed by atoms with Crippen LogP contribution in [0.15, 0.2) is 0 Å². The van der Waals surface area contributed by atoms with E-state index in [9.17, 15) is 14.4 Å². The Hall–Kier alpha value is -1.79. The lowest BCUT2D eigenvalue weighted by Gasteiger charge is -2.19. The summed E-state index contributed by atoms with van der Waals surface area (Å²) in [6, 6.07) is -1.47. The van der Waals surface area contributed by atoms with Gasteiger partial charge in [0.2, 0.25) is 5.91 Å². The largest absolute Gasteiger partial charge is 0.480 e. The van der Waals surface area contributed by atoms with Crippen LogP contribution in [0.2, 0.25) is 0 Å². The quantitative estimate of drug-likeness (QED) is 0.596. The molecule has 0 aliphatic rings.